The first-order valence-corrected chi connectivity index (χ1v) is 7.36. The molecule has 21 heavy (non-hydrogen) atoms. The fourth-order valence-electron chi connectivity index (χ4n) is 1.91. The molecule has 0 fully saturated rings. The topological polar surface area (TPSA) is 52.8 Å². The summed E-state index contributed by atoms with van der Waals surface area (Å²) in [6.07, 6.45) is 3.09. The summed E-state index contributed by atoms with van der Waals surface area (Å²) in [5, 5.41) is 22.5. The van der Waals surface area contributed by atoms with E-state index in [-0.39, 0.29) is 6.42 Å². The summed E-state index contributed by atoms with van der Waals surface area (Å²) in [7, 11) is 0. The predicted molar refractivity (Wildman–Crippen MR) is 88.6 cm³/mol. The molecule has 0 aliphatic carbocycles. The Morgan fingerprint density at radius 3 is 2.38 bits per heavy atom. The zero-order chi connectivity index (χ0) is 15.1. The van der Waals surface area contributed by atoms with Gasteiger partial charge >= 0.3 is 0 Å². The van der Waals surface area contributed by atoms with Crippen molar-refractivity contribution in [2.45, 2.75) is 12.5 Å². The minimum Gasteiger partial charge on any atom is -0.411 e. The van der Waals surface area contributed by atoms with Gasteiger partial charge in [-0.1, -0.05) is 75.7 Å². The Hall–Kier alpha value is -1.91. The van der Waals surface area contributed by atoms with Crippen LogP contribution >= 0.6 is 15.9 Å². The van der Waals surface area contributed by atoms with Crippen molar-refractivity contribution in [1.82, 2.24) is 0 Å². The Morgan fingerprint density at radius 1 is 1.10 bits per heavy atom. The number of hydrogen-bond acceptors (Lipinski definition) is 3. The molecule has 0 saturated heterocycles. The number of aliphatic hydroxyl groups is 1. The molecule has 2 aromatic rings. The molecule has 2 N–H and O–H groups in total. The van der Waals surface area contributed by atoms with Crippen LogP contribution in [0.4, 0.5) is 0 Å². The van der Waals surface area contributed by atoms with Crippen molar-refractivity contribution in [3.63, 3.8) is 0 Å². The lowest BCUT2D eigenvalue weighted by Crippen LogP contribution is -2.12. The van der Waals surface area contributed by atoms with Crippen LogP contribution in [-0.2, 0) is 0 Å². The van der Waals surface area contributed by atoms with E-state index < -0.39 is 6.10 Å². The highest BCUT2D eigenvalue weighted by molar-refractivity contribution is 9.10. The lowest BCUT2D eigenvalue weighted by Gasteiger charge is -2.08. The van der Waals surface area contributed by atoms with E-state index >= 15 is 0 Å². The summed E-state index contributed by atoms with van der Waals surface area (Å²) in [5.41, 5.74) is 2.25. The van der Waals surface area contributed by atoms with E-state index in [2.05, 4.69) is 21.1 Å². The van der Waals surface area contributed by atoms with E-state index in [0.29, 0.717) is 5.71 Å². The van der Waals surface area contributed by atoms with Gasteiger partial charge in [0.05, 0.1) is 11.8 Å². The van der Waals surface area contributed by atoms with Gasteiger partial charge in [-0.05, 0) is 23.3 Å². The predicted octanol–water partition coefficient (Wildman–Crippen LogP) is 4.09. The van der Waals surface area contributed by atoms with Gasteiger partial charge in [0, 0.05) is 10.9 Å². The van der Waals surface area contributed by atoms with Crippen LogP contribution in [0.15, 0.2) is 70.3 Å². The molecule has 0 heterocycles. The van der Waals surface area contributed by atoms with Crippen LogP contribution < -0.4 is 0 Å². The van der Waals surface area contributed by atoms with Crippen LogP contribution in [0.5, 0.6) is 0 Å². The summed E-state index contributed by atoms with van der Waals surface area (Å²) >= 11 is 3.36. The number of benzene rings is 2. The van der Waals surface area contributed by atoms with Gasteiger partial charge in [-0.15, -0.1) is 0 Å². The minimum absolute atomic E-state index is 0.251. The van der Waals surface area contributed by atoms with Crippen LogP contribution in [0, 0.1) is 0 Å². The van der Waals surface area contributed by atoms with Crippen LogP contribution in [-0.4, -0.2) is 22.1 Å². The molecular formula is C17H16BrNO2. The highest BCUT2D eigenvalue weighted by Crippen LogP contribution is 2.14. The number of aliphatic hydroxyl groups excluding tert-OH is 1. The fourth-order valence-corrected chi connectivity index (χ4v) is 2.18. The average molecular weight is 346 g/mol. The molecule has 0 aliphatic rings. The van der Waals surface area contributed by atoms with Crippen LogP contribution in [0.3, 0.4) is 0 Å². The van der Waals surface area contributed by atoms with E-state index in [1.807, 2.05) is 60.7 Å². The Balaban J connectivity index is 2.02. The Bertz CT molecular complexity index is 621. The number of hydrogen-bond donors (Lipinski definition) is 2. The molecule has 2 aromatic carbocycles. The molecule has 3 nitrogen and oxygen atoms in total. The van der Waals surface area contributed by atoms with Gasteiger partial charge in [-0.25, -0.2) is 0 Å². The first kappa shape index (κ1) is 15.5. The molecule has 0 aromatic heterocycles. The molecule has 0 amide bonds. The maximum atomic E-state index is 10.0. The van der Waals surface area contributed by atoms with Gasteiger partial charge in [0.25, 0.3) is 0 Å². The van der Waals surface area contributed by atoms with Crippen molar-refractivity contribution in [2.75, 3.05) is 0 Å². The van der Waals surface area contributed by atoms with E-state index in [1.54, 1.807) is 6.08 Å². The Labute approximate surface area is 132 Å². The lowest BCUT2D eigenvalue weighted by molar-refractivity contribution is 0.229. The van der Waals surface area contributed by atoms with Crippen LogP contribution in [0.1, 0.15) is 17.5 Å². The molecule has 0 radical (unpaired) electrons. The molecule has 0 aliphatic heterocycles. The molecule has 0 saturated carbocycles. The van der Waals surface area contributed by atoms with Crippen LogP contribution in [0.2, 0.25) is 0 Å². The van der Waals surface area contributed by atoms with Gasteiger partial charge < -0.3 is 10.3 Å². The minimum atomic E-state index is -0.709. The normalized spacial score (nSPS) is 13.5. The molecule has 0 bridgehead atoms. The SMILES string of the molecule is O/N=C(\CC(O)/C=C/c1ccccc1)c1ccc(Br)cc1. The maximum absolute atomic E-state index is 10.0. The van der Waals surface area contributed by atoms with Crippen molar-refractivity contribution in [3.05, 3.63) is 76.3 Å². The van der Waals surface area contributed by atoms with Crippen molar-refractivity contribution in [3.8, 4) is 0 Å². The van der Waals surface area contributed by atoms with Gasteiger partial charge in [0.1, 0.15) is 0 Å². The Morgan fingerprint density at radius 2 is 1.76 bits per heavy atom. The lowest BCUT2D eigenvalue weighted by atomic mass is 10.0. The number of halogens is 1. The van der Waals surface area contributed by atoms with Gasteiger partial charge in [-0.2, -0.15) is 0 Å². The summed E-state index contributed by atoms with van der Waals surface area (Å²) in [6, 6.07) is 17.2. The highest BCUT2D eigenvalue weighted by atomic mass is 79.9. The van der Waals surface area contributed by atoms with Crippen molar-refractivity contribution in [1.29, 1.82) is 0 Å². The summed E-state index contributed by atoms with van der Waals surface area (Å²) < 4.78 is 0.952. The first-order valence-electron chi connectivity index (χ1n) is 6.57. The summed E-state index contributed by atoms with van der Waals surface area (Å²) in [4.78, 5) is 0. The maximum Gasteiger partial charge on any atom is 0.0896 e. The van der Waals surface area contributed by atoms with Gasteiger partial charge in [0.15, 0.2) is 0 Å². The van der Waals surface area contributed by atoms with Gasteiger partial charge in [0.2, 0.25) is 0 Å². The average Bonchev–Trinajstić information content (AvgIpc) is 2.52. The molecular weight excluding hydrogens is 330 g/mol. The van der Waals surface area contributed by atoms with E-state index in [0.717, 1.165) is 15.6 Å². The molecule has 2 rings (SSSR count). The molecule has 1 unspecified atom stereocenters. The standard InChI is InChI=1S/C17H16BrNO2/c18-15-9-7-14(8-10-15)17(19-21)12-16(20)11-6-13-4-2-1-3-5-13/h1-11,16,20-21H,12H2/b11-6+,19-17+. The molecule has 0 spiro atoms. The summed E-state index contributed by atoms with van der Waals surface area (Å²) in [6.45, 7) is 0. The first-order chi connectivity index (χ1) is 10.2. The number of nitrogens with zero attached hydrogens (tertiary/aromatic N) is 1. The zero-order valence-electron chi connectivity index (χ0n) is 11.4. The van der Waals surface area contributed by atoms with Crippen LogP contribution in [0.25, 0.3) is 6.08 Å². The quantitative estimate of drug-likeness (QED) is 0.487. The Kier molecular flexibility index (Phi) is 5.72. The highest BCUT2D eigenvalue weighted by Gasteiger charge is 2.09. The van der Waals surface area contributed by atoms with Crippen molar-refractivity contribution < 1.29 is 10.3 Å². The number of oxime groups is 1. The third-order valence-electron chi connectivity index (χ3n) is 3.01. The van der Waals surface area contributed by atoms with Crippen molar-refractivity contribution >= 4 is 27.7 Å². The van der Waals surface area contributed by atoms with E-state index in [1.165, 1.54) is 0 Å². The third-order valence-corrected chi connectivity index (χ3v) is 3.54. The second kappa shape index (κ2) is 7.76. The van der Waals surface area contributed by atoms with Crippen molar-refractivity contribution in [2.24, 2.45) is 5.16 Å². The van der Waals surface area contributed by atoms with Gasteiger partial charge in [-0.3, -0.25) is 0 Å². The summed E-state index contributed by atoms with van der Waals surface area (Å²) in [5.74, 6) is 0. The third kappa shape index (κ3) is 4.85. The fraction of sp³-hybridized carbons (Fsp3) is 0.118. The largest absolute Gasteiger partial charge is 0.411 e. The molecule has 4 heteroatoms. The smallest absolute Gasteiger partial charge is 0.0896 e. The molecule has 108 valence electrons. The second-order valence-corrected chi connectivity index (χ2v) is 5.51. The van der Waals surface area contributed by atoms with E-state index in [4.69, 9.17) is 5.21 Å². The molecule has 1 atom stereocenters. The van der Waals surface area contributed by atoms with E-state index in [9.17, 15) is 5.11 Å². The number of rotatable bonds is 5. The second-order valence-electron chi connectivity index (χ2n) is 4.59. The monoisotopic (exact) mass is 345 g/mol. The zero-order valence-corrected chi connectivity index (χ0v) is 12.9.